The molecule has 10 heavy (non-hydrogen) atoms. The summed E-state index contributed by atoms with van der Waals surface area (Å²) in [6.07, 6.45) is 1.93. The fraction of sp³-hybridized carbons (Fsp3) is 0.429. The third-order valence-electron chi connectivity index (χ3n) is 1.02. The van der Waals surface area contributed by atoms with Crippen LogP contribution < -0.4 is 0 Å². The van der Waals surface area contributed by atoms with Crippen LogP contribution in [-0.2, 0) is 32.7 Å². The first kappa shape index (κ1) is 13.3. The van der Waals surface area contributed by atoms with Gasteiger partial charge in [0.15, 0.2) is 0 Å². The molecule has 1 aromatic rings. The monoisotopic (exact) mass is 231 g/mol. The molecule has 0 aliphatic rings. The Bertz CT molecular complexity index is 149. The van der Waals surface area contributed by atoms with Crippen molar-refractivity contribution >= 4 is 11.3 Å². The van der Waals surface area contributed by atoms with Crippen molar-refractivity contribution in [2.75, 3.05) is 0 Å². The van der Waals surface area contributed by atoms with Crippen LogP contribution in [0.1, 0.15) is 24.6 Å². The summed E-state index contributed by atoms with van der Waals surface area (Å²) in [5.41, 5.74) is 1.87. The normalized spacial score (nSPS) is 8.30. The molecule has 1 heterocycles. The van der Waals surface area contributed by atoms with Gasteiger partial charge in [-0.25, -0.2) is 0 Å². The Kier molecular flexibility index (Phi) is 8.59. The van der Waals surface area contributed by atoms with Crippen LogP contribution in [0.25, 0.3) is 0 Å². The van der Waals surface area contributed by atoms with Gasteiger partial charge in [-0.05, 0) is 5.92 Å². The molecule has 1 nitrogen and oxygen atoms in total. The van der Waals surface area contributed by atoms with Crippen molar-refractivity contribution in [3.05, 3.63) is 24.0 Å². The molecular formula is C7H12NSY-. The Hall–Kier alpha value is 0.734. The standard InChI is InChI=1S/C6H9NS.CH3.Y/c1-5(2)6-3-7-4-8-6;;/h3-5H,1-2H3;1H3;/q;-1;. The van der Waals surface area contributed by atoms with Crippen LogP contribution in [0.5, 0.6) is 0 Å². The zero-order chi connectivity index (χ0) is 5.98. The summed E-state index contributed by atoms with van der Waals surface area (Å²) in [4.78, 5) is 5.33. The Morgan fingerprint density at radius 1 is 1.50 bits per heavy atom. The summed E-state index contributed by atoms with van der Waals surface area (Å²) in [5.74, 6) is 0.641. The maximum absolute atomic E-state index is 3.96. The Morgan fingerprint density at radius 3 is 2.30 bits per heavy atom. The topological polar surface area (TPSA) is 12.9 Å². The van der Waals surface area contributed by atoms with E-state index >= 15 is 0 Å². The Morgan fingerprint density at radius 2 is 2.10 bits per heavy atom. The Labute approximate surface area is 92.1 Å². The van der Waals surface area contributed by atoms with Gasteiger partial charge in [-0.3, -0.25) is 4.98 Å². The van der Waals surface area contributed by atoms with Crippen LogP contribution in [0.2, 0.25) is 0 Å². The molecule has 0 saturated carbocycles. The number of thiazole rings is 1. The molecule has 0 bridgehead atoms. The van der Waals surface area contributed by atoms with Crippen LogP contribution >= 0.6 is 11.3 Å². The molecule has 1 aromatic heterocycles. The Balaban J connectivity index is 0. The molecule has 0 spiro atoms. The SMILES string of the molecule is CC(C)c1cncs1.[CH3-].[Y]. The molecule has 0 aliphatic carbocycles. The van der Waals surface area contributed by atoms with E-state index in [-0.39, 0.29) is 40.1 Å². The maximum Gasteiger partial charge on any atom is 0.0794 e. The van der Waals surface area contributed by atoms with Crippen LogP contribution in [0.4, 0.5) is 0 Å². The average Bonchev–Trinajstić information content (AvgIpc) is 2.12. The first-order valence-electron chi connectivity index (χ1n) is 2.69. The largest absolute Gasteiger partial charge is 0.358 e. The minimum atomic E-state index is 0. The third-order valence-corrected chi connectivity index (χ3v) is 2.10. The molecule has 55 valence electrons. The number of aromatic nitrogens is 1. The molecule has 1 rings (SSSR count). The van der Waals surface area contributed by atoms with Crippen molar-refractivity contribution in [3.8, 4) is 0 Å². The molecule has 3 heteroatoms. The van der Waals surface area contributed by atoms with E-state index in [1.54, 1.807) is 11.3 Å². The molecule has 0 unspecified atom stereocenters. The van der Waals surface area contributed by atoms with Crippen molar-refractivity contribution < 1.29 is 32.7 Å². The van der Waals surface area contributed by atoms with Crippen molar-refractivity contribution in [2.45, 2.75) is 19.8 Å². The second kappa shape index (κ2) is 6.44. The van der Waals surface area contributed by atoms with E-state index in [0.29, 0.717) is 5.92 Å². The van der Waals surface area contributed by atoms with E-state index < -0.39 is 0 Å². The van der Waals surface area contributed by atoms with E-state index in [4.69, 9.17) is 0 Å². The molecule has 0 aromatic carbocycles. The summed E-state index contributed by atoms with van der Waals surface area (Å²) in [5, 5.41) is 0. The van der Waals surface area contributed by atoms with Crippen molar-refractivity contribution in [3.63, 3.8) is 0 Å². The first-order chi connectivity index (χ1) is 3.80. The second-order valence-electron chi connectivity index (χ2n) is 2.06. The molecule has 0 fully saturated rings. The predicted octanol–water partition coefficient (Wildman–Crippen LogP) is 2.71. The van der Waals surface area contributed by atoms with Crippen LogP contribution in [0, 0.1) is 7.43 Å². The van der Waals surface area contributed by atoms with Gasteiger partial charge in [-0.15, -0.1) is 11.3 Å². The fourth-order valence-electron chi connectivity index (χ4n) is 0.511. The number of hydrogen-bond donors (Lipinski definition) is 0. The zero-order valence-corrected chi connectivity index (χ0v) is 10.3. The van der Waals surface area contributed by atoms with E-state index in [9.17, 15) is 0 Å². The van der Waals surface area contributed by atoms with Gasteiger partial charge in [0.05, 0.1) is 5.51 Å². The van der Waals surface area contributed by atoms with Gasteiger partial charge < -0.3 is 7.43 Å². The molecule has 0 atom stereocenters. The molecule has 0 saturated heterocycles. The third kappa shape index (κ3) is 3.79. The zero-order valence-electron chi connectivity index (χ0n) is 6.66. The van der Waals surface area contributed by atoms with E-state index in [2.05, 4.69) is 18.8 Å². The fourth-order valence-corrected chi connectivity index (χ4v) is 1.15. The second-order valence-corrected chi connectivity index (χ2v) is 2.98. The summed E-state index contributed by atoms with van der Waals surface area (Å²) in [6, 6.07) is 0. The molecular weight excluding hydrogens is 219 g/mol. The summed E-state index contributed by atoms with van der Waals surface area (Å²) >= 11 is 1.72. The number of hydrogen-bond acceptors (Lipinski definition) is 2. The van der Waals surface area contributed by atoms with Crippen LogP contribution in [0.3, 0.4) is 0 Å². The number of rotatable bonds is 1. The molecule has 0 amide bonds. The summed E-state index contributed by atoms with van der Waals surface area (Å²) < 4.78 is 0. The van der Waals surface area contributed by atoms with E-state index in [1.807, 2.05) is 11.7 Å². The quantitative estimate of drug-likeness (QED) is 0.677. The van der Waals surface area contributed by atoms with Crippen LogP contribution in [0.15, 0.2) is 11.7 Å². The van der Waals surface area contributed by atoms with Crippen molar-refractivity contribution in [1.29, 1.82) is 0 Å². The van der Waals surface area contributed by atoms with Gasteiger partial charge in [-0.2, -0.15) is 0 Å². The number of nitrogens with zero attached hydrogens (tertiary/aromatic N) is 1. The van der Waals surface area contributed by atoms with Crippen molar-refractivity contribution in [1.82, 2.24) is 4.98 Å². The first-order valence-corrected chi connectivity index (χ1v) is 3.57. The predicted molar refractivity (Wildman–Crippen MR) is 42.6 cm³/mol. The smallest absolute Gasteiger partial charge is 0.0794 e. The van der Waals surface area contributed by atoms with Gasteiger partial charge in [0.2, 0.25) is 0 Å². The molecule has 0 aliphatic heterocycles. The van der Waals surface area contributed by atoms with Gasteiger partial charge in [-0.1, -0.05) is 13.8 Å². The minimum Gasteiger partial charge on any atom is -0.358 e. The summed E-state index contributed by atoms with van der Waals surface area (Å²) in [6.45, 7) is 4.35. The molecule has 1 radical (unpaired) electrons. The van der Waals surface area contributed by atoms with Gasteiger partial charge >= 0.3 is 0 Å². The van der Waals surface area contributed by atoms with E-state index in [0.717, 1.165) is 0 Å². The maximum atomic E-state index is 3.96. The molecule has 0 N–H and O–H groups in total. The van der Waals surface area contributed by atoms with Crippen molar-refractivity contribution in [2.24, 2.45) is 0 Å². The van der Waals surface area contributed by atoms with Gasteiger partial charge in [0.1, 0.15) is 0 Å². The summed E-state index contributed by atoms with van der Waals surface area (Å²) in [7, 11) is 0. The van der Waals surface area contributed by atoms with Gasteiger partial charge in [0, 0.05) is 43.8 Å². The van der Waals surface area contributed by atoms with Crippen LogP contribution in [-0.4, -0.2) is 4.98 Å². The minimum absolute atomic E-state index is 0. The average molecular weight is 231 g/mol. The van der Waals surface area contributed by atoms with E-state index in [1.165, 1.54) is 4.88 Å². The van der Waals surface area contributed by atoms with Gasteiger partial charge in [0.25, 0.3) is 0 Å².